The molecule has 0 aliphatic heterocycles. The van der Waals surface area contributed by atoms with Crippen molar-refractivity contribution in [1.29, 1.82) is 21.0 Å². The fraction of sp³-hybridized carbons (Fsp3) is 0.727. The monoisotopic (exact) mass is 1360 g/mol. The lowest BCUT2D eigenvalue weighted by Gasteiger charge is -2.12. The minimum Gasteiger partial charge on any atom is -0.881 e. The van der Waals surface area contributed by atoms with Gasteiger partial charge in [0.2, 0.25) is 0 Å². The van der Waals surface area contributed by atoms with Crippen LogP contribution >= 0.6 is 92.8 Å². The van der Waals surface area contributed by atoms with Gasteiger partial charge in [0, 0.05) is 121 Å². The number of amidine groups is 8. The number of nitriles is 4. The first kappa shape index (κ1) is 108. The summed E-state index contributed by atoms with van der Waals surface area (Å²) in [6, 6.07) is 0. The van der Waals surface area contributed by atoms with E-state index in [1.54, 1.807) is 0 Å². The summed E-state index contributed by atoms with van der Waals surface area (Å²) in [5, 5.41) is 107. The van der Waals surface area contributed by atoms with E-state index in [-0.39, 0.29) is 0 Å². The van der Waals surface area contributed by atoms with Crippen LogP contribution in [0.15, 0.2) is 0 Å². The Labute approximate surface area is 546 Å². The SMILES string of the molecule is CN(C)C(Cl)=[N+](C)C.CN(C)C(Cl)=[N+](C)C.CN(C)C(Cl)=[N+](C)C.CN(C)C(Cl)=[N+](C)C.CN(C)C(Cl)=[N+](C)C.CN(C)C(Cl)=[N+](C)C.CN(C)C(Cl)=[N+](C)C.CN(C)C(Cl)=[N+](C)C.N#CB([O-])[O-].N#CB([O-])[O-].N#CB([O-])[O-].N#CB([O-])[O-]. The minimum atomic E-state index is -2.31. The summed E-state index contributed by atoms with van der Waals surface area (Å²) >= 11 is 45.8. The molecule has 84 heavy (non-hydrogen) atoms. The molecule has 0 N–H and O–H groups in total. The maximum Gasteiger partial charge on any atom is 0.344 e. The van der Waals surface area contributed by atoms with Crippen molar-refractivity contribution in [3.8, 4) is 23.9 Å². The molecule has 0 heterocycles. The zero-order valence-electron chi connectivity index (χ0n) is 55.5. The smallest absolute Gasteiger partial charge is 0.344 e. The molecular weight excluding hydrogens is 1260 g/mol. The third-order valence-corrected chi connectivity index (χ3v) is 11.7. The topological polar surface area (TPSA) is 330 Å². The molecule has 0 saturated heterocycles. The van der Waals surface area contributed by atoms with Gasteiger partial charge in [-0.15, -0.1) is 0 Å². The normalized spacial score (nSPS) is 7.95. The maximum atomic E-state index is 8.98. The highest BCUT2D eigenvalue weighted by Crippen LogP contribution is 1.90. The molecule has 0 rings (SSSR count). The standard InChI is InChI=1S/8C5H12ClN2.4CBNO2/c8*1-7(2)5(6)8(3)4;4*3-1-2(4)5/h8*1-4H3;;;;/q8*+1;4*-2. The highest BCUT2D eigenvalue weighted by Gasteiger charge is 2.08. The summed E-state index contributed by atoms with van der Waals surface area (Å²) in [6.07, 6.45) is 0. The fourth-order valence-corrected chi connectivity index (χ4v) is 3.20. The Morgan fingerprint density at radius 2 is 0.274 bits per heavy atom. The van der Waals surface area contributed by atoms with E-state index in [1.165, 1.54) is 0 Å². The van der Waals surface area contributed by atoms with Gasteiger partial charge in [-0.3, -0.25) is 75.8 Å². The van der Waals surface area contributed by atoms with Gasteiger partial charge in [-0.2, -0.15) is 0 Å². The molecule has 0 amide bonds. The molecule has 0 aromatic carbocycles. The highest BCUT2D eigenvalue weighted by molar-refractivity contribution is 6.65. The molecule has 0 radical (unpaired) electrons. The average Bonchev–Trinajstić information content (AvgIpc) is 3.37. The molecule has 0 unspecified atom stereocenters. The van der Waals surface area contributed by atoms with E-state index in [2.05, 4.69) is 0 Å². The van der Waals surface area contributed by atoms with Gasteiger partial charge in [-0.1, -0.05) is 0 Å². The summed E-state index contributed by atoms with van der Waals surface area (Å²) in [4.78, 5) is 14.8. The summed E-state index contributed by atoms with van der Waals surface area (Å²) < 4.78 is 14.8. The first-order chi connectivity index (χ1) is 37.5. The molecule has 0 saturated carbocycles. The van der Waals surface area contributed by atoms with Crippen LogP contribution in [-0.2, 0) is 0 Å². The number of halogens is 8. The van der Waals surface area contributed by atoms with Gasteiger partial charge in [0.1, 0.15) is 0 Å². The van der Waals surface area contributed by atoms with Crippen LogP contribution in [0.3, 0.4) is 0 Å². The van der Waals surface area contributed by atoms with Crippen molar-refractivity contribution in [1.82, 2.24) is 39.2 Å². The molecule has 0 aromatic heterocycles. The Hall–Kier alpha value is -4.02. The van der Waals surface area contributed by atoms with Gasteiger partial charge in [0.05, 0.1) is 226 Å². The summed E-state index contributed by atoms with van der Waals surface area (Å²) in [5.74, 6) is 3.67. The Bertz CT molecular complexity index is 1720. The first-order valence-corrected chi connectivity index (χ1v) is 26.4. The van der Waals surface area contributed by atoms with Crippen LogP contribution < -0.4 is 40.2 Å². The lowest BCUT2D eigenvalue weighted by Crippen LogP contribution is -2.43. The third kappa shape index (κ3) is 100.0. The van der Waals surface area contributed by atoms with Crippen LogP contribution in [0.5, 0.6) is 0 Å². The van der Waals surface area contributed by atoms with E-state index in [0.29, 0.717) is 0 Å². The van der Waals surface area contributed by atoms with Crippen LogP contribution in [-0.4, -0.2) is 372 Å². The van der Waals surface area contributed by atoms with E-state index in [9.17, 15) is 0 Å². The highest BCUT2D eigenvalue weighted by atomic mass is 35.5. The van der Waals surface area contributed by atoms with E-state index in [4.69, 9.17) is 154 Å². The Morgan fingerprint density at radius 3 is 0.274 bits per heavy atom. The second-order valence-corrected chi connectivity index (χ2v) is 21.0. The molecule has 0 aliphatic carbocycles. The first-order valence-electron chi connectivity index (χ1n) is 23.3. The average molecular weight is 1360 g/mol. The summed E-state index contributed by atoms with van der Waals surface area (Å²) in [6.45, 7) is 0. The molecule has 0 fully saturated rings. The molecule has 28 nitrogen and oxygen atoms in total. The minimum absolute atomic E-state index is 0.741. The van der Waals surface area contributed by atoms with Crippen LogP contribution in [0, 0.1) is 44.9 Å². The second kappa shape index (κ2) is 68.1. The number of nitrogens with zero attached hydrogens (tertiary/aromatic N) is 20. The maximum absolute atomic E-state index is 8.98. The summed E-state index contributed by atoms with van der Waals surface area (Å²) in [5.41, 5.74) is 0. The molecule has 40 heteroatoms. The van der Waals surface area contributed by atoms with E-state index in [1.807, 2.05) is 301 Å². The number of hydrogen-bond donors (Lipinski definition) is 0. The van der Waals surface area contributed by atoms with Gasteiger partial charge < -0.3 is 40.2 Å². The van der Waals surface area contributed by atoms with Crippen molar-refractivity contribution >= 4 is 164 Å². The van der Waals surface area contributed by atoms with Crippen LogP contribution in [0.2, 0.25) is 0 Å². The predicted octanol–water partition coefficient (Wildman–Crippen LogP) is -7.65. The Balaban J connectivity index is -0.0000000676. The molecule has 0 atom stereocenters. The van der Waals surface area contributed by atoms with E-state index >= 15 is 0 Å². The van der Waals surface area contributed by atoms with Crippen LogP contribution in [0.4, 0.5) is 0 Å². The number of hydrogen-bond acceptors (Lipinski definition) is 12. The fourth-order valence-electron chi connectivity index (χ4n) is 3.20. The largest absolute Gasteiger partial charge is 0.881 e. The van der Waals surface area contributed by atoms with Gasteiger partial charge in [-0.05, 0) is 23.9 Å². The summed E-state index contributed by atoms with van der Waals surface area (Å²) in [7, 11) is 51.7. The molecule has 0 bridgehead atoms. The van der Waals surface area contributed by atoms with Crippen LogP contribution in [0.25, 0.3) is 0 Å². The molecule has 0 spiro atoms. The van der Waals surface area contributed by atoms with Crippen molar-refractivity contribution in [3.63, 3.8) is 0 Å². The van der Waals surface area contributed by atoms with Crippen LogP contribution in [0.1, 0.15) is 0 Å². The van der Waals surface area contributed by atoms with Gasteiger partial charge in [-0.25, -0.2) is 21.0 Å². The molecule has 0 aromatic rings. The number of rotatable bonds is 0. The molecule has 488 valence electrons. The zero-order valence-corrected chi connectivity index (χ0v) is 61.6. The Kier molecular flexibility index (Phi) is 87.5. The lowest BCUT2D eigenvalue weighted by atomic mass is 9.97. The molecule has 0 aliphatic rings. The predicted molar refractivity (Wildman–Crippen MR) is 339 cm³/mol. The van der Waals surface area contributed by atoms with Crippen molar-refractivity contribution in [2.75, 3.05) is 226 Å². The van der Waals surface area contributed by atoms with Gasteiger partial charge in [0.15, 0.2) is 0 Å². The second-order valence-electron chi connectivity index (χ2n) is 18.3. The van der Waals surface area contributed by atoms with Gasteiger partial charge >= 0.3 is 42.4 Å². The van der Waals surface area contributed by atoms with Crippen molar-refractivity contribution < 1.29 is 76.8 Å². The quantitative estimate of drug-likeness (QED) is 0.0715. The zero-order chi connectivity index (χ0) is 71.0. The van der Waals surface area contributed by atoms with Gasteiger partial charge in [0.25, 0.3) is 0 Å². The third-order valence-electron chi connectivity index (χ3n) is 6.33. The van der Waals surface area contributed by atoms with Crippen molar-refractivity contribution in [3.05, 3.63) is 0 Å². The van der Waals surface area contributed by atoms with E-state index < -0.39 is 28.5 Å². The van der Waals surface area contributed by atoms with Crippen molar-refractivity contribution in [2.45, 2.75) is 0 Å². The Morgan fingerprint density at radius 1 is 0.226 bits per heavy atom. The van der Waals surface area contributed by atoms with Crippen molar-refractivity contribution in [2.24, 2.45) is 0 Å². The lowest BCUT2D eigenvalue weighted by molar-refractivity contribution is -0.466. The van der Waals surface area contributed by atoms with E-state index in [0.717, 1.165) is 66.2 Å². The molecular formula is C44H96B4Cl8N20O8.